The molecule has 2 aliphatic heterocycles. The van der Waals surface area contributed by atoms with Crippen LogP contribution in [0.4, 0.5) is 11.4 Å². The fourth-order valence-electron chi connectivity index (χ4n) is 3.93. The zero-order chi connectivity index (χ0) is 21.7. The van der Waals surface area contributed by atoms with Crippen LogP contribution in [0.1, 0.15) is 32.0 Å². The first-order chi connectivity index (χ1) is 14.9. The summed E-state index contributed by atoms with van der Waals surface area (Å²) in [6, 6.07) is 12.2. The van der Waals surface area contributed by atoms with Gasteiger partial charge in [-0.1, -0.05) is 29.0 Å². The number of amides is 2. The summed E-state index contributed by atoms with van der Waals surface area (Å²) >= 11 is 0. The van der Waals surface area contributed by atoms with Crippen LogP contribution < -0.4 is 9.80 Å². The summed E-state index contributed by atoms with van der Waals surface area (Å²) in [4.78, 5) is 51.9. The lowest BCUT2D eigenvalue weighted by Crippen LogP contribution is -2.32. The van der Waals surface area contributed by atoms with Gasteiger partial charge in [-0.15, -0.1) is 5.10 Å². The van der Waals surface area contributed by atoms with Crippen molar-refractivity contribution in [2.24, 2.45) is 0 Å². The Balaban J connectivity index is 1.30. The molecular weight excluding hydrogens is 398 g/mol. The average molecular weight is 415 g/mol. The number of hydrogen-bond acceptors (Lipinski definition) is 6. The number of nitrogens with zero attached hydrogens (tertiary/aromatic N) is 5. The van der Waals surface area contributed by atoms with E-state index in [-0.39, 0.29) is 13.1 Å². The van der Waals surface area contributed by atoms with Gasteiger partial charge in [0.05, 0.1) is 41.8 Å². The molecule has 2 aliphatic rings. The number of benzene rings is 2. The van der Waals surface area contributed by atoms with E-state index in [1.807, 2.05) is 13.0 Å². The molecule has 0 N–H and O–H groups in total. The number of carbonyl (C=O) groups excluding carboxylic acids is 4. The van der Waals surface area contributed by atoms with E-state index >= 15 is 0 Å². The molecule has 31 heavy (non-hydrogen) atoms. The zero-order valence-corrected chi connectivity index (χ0v) is 16.6. The molecule has 3 aromatic rings. The summed E-state index contributed by atoms with van der Waals surface area (Å²) in [7, 11) is 0. The van der Waals surface area contributed by atoms with Crippen LogP contribution in [-0.4, -0.2) is 44.9 Å². The molecule has 1 aromatic heterocycles. The Bertz CT molecular complexity index is 1280. The van der Waals surface area contributed by atoms with Crippen molar-refractivity contribution >= 4 is 34.8 Å². The third-order valence-electron chi connectivity index (χ3n) is 5.46. The number of Topliss-reactive ketones (excluding diaryl/α,β-unsaturated/α-hetero) is 2. The van der Waals surface area contributed by atoms with Crippen molar-refractivity contribution in [3.05, 3.63) is 71.0 Å². The van der Waals surface area contributed by atoms with Gasteiger partial charge >= 0.3 is 0 Å². The summed E-state index contributed by atoms with van der Waals surface area (Å²) in [5, 5.41) is 8.14. The fourth-order valence-corrected chi connectivity index (χ4v) is 3.93. The number of aryl methyl sites for hydroxylation is 1. The monoisotopic (exact) mass is 415 g/mol. The van der Waals surface area contributed by atoms with Crippen molar-refractivity contribution in [3.63, 3.8) is 0 Å². The van der Waals surface area contributed by atoms with Crippen molar-refractivity contribution in [2.45, 2.75) is 20.0 Å². The summed E-state index contributed by atoms with van der Waals surface area (Å²) < 4.78 is 1.55. The molecule has 3 heterocycles. The number of anilines is 2. The number of ketones is 2. The van der Waals surface area contributed by atoms with Gasteiger partial charge in [0, 0.05) is 6.54 Å². The van der Waals surface area contributed by atoms with Gasteiger partial charge in [0.15, 0.2) is 0 Å². The molecule has 154 valence electrons. The van der Waals surface area contributed by atoms with Crippen molar-refractivity contribution in [2.75, 3.05) is 16.3 Å². The Morgan fingerprint density at radius 3 is 2.35 bits per heavy atom. The Morgan fingerprint density at radius 1 is 0.806 bits per heavy atom. The molecule has 0 saturated carbocycles. The van der Waals surface area contributed by atoms with Crippen LogP contribution in [-0.2, 0) is 22.7 Å². The minimum absolute atomic E-state index is 0.116. The Morgan fingerprint density at radius 2 is 1.52 bits per heavy atom. The summed E-state index contributed by atoms with van der Waals surface area (Å²) in [5.74, 6) is -2.19. The summed E-state index contributed by atoms with van der Waals surface area (Å²) in [6.45, 7) is 2.56. The molecule has 0 radical (unpaired) electrons. The molecule has 0 unspecified atom stereocenters. The molecule has 0 bridgehead atoms. The van der Waals surface area contributed by atoms with Gasteiger partial charge in [-0.2, -0.15) is 0 Å². The number of carbonyl (C=O) groups is 4. The second kappa shape index (κ2) is 6.98. The van der Waals surface area contributed by atoms with E-state index in [1.165, 1.54) is 9.80 Å². The van der Waals surface area contributed by atoms with Gasteiger partial charge in [-0.3, -0.25) is 28.8 Å². The van der Waals surface area contributed by atoms with Crippen molar-refractivity contribution < 1.29 is 19.2 Å². The van der Waals surface area contributed by atoms with Crippen molar-refractivity contribution in [1.82, 2.24) is 15.0 Å². The standard InChI is InChI=1S/C22H17N5O4/c1-13-6-7-18-16(10-13)20(29)22(31)27(18)12-14-11-25(24-23-14)8-9-26-17-5-3-2-4-15(17)19(28)21(26)30/h2-7,10-11H,8-9,12H2,1H3. The fraction of sp³-hybridized carbons (Fsp3) is 0.182. The summed E-state index contributed by atoms with van der Waals surface area (Å²) in [5.41, 5.74) is 3.37. The highest BCUT2D eigenvalue weighted by Gasteiger charge is 2.37. The zero-order valence-electron chi connectivity index (χ0n) is 16.6. The van der Waals surface area contributed by atoms with E-state index in [4.69, 9.17) is 0 Å². The maximum atomic E-state index is 12.4. The first-order valence-electron chi connectivity index (χ1n) is 9.75. The maximum Gasteiger partial charge on any atom is 0.299 e. The number of para-hydroxylation sites is 1. The highest BCUT2D eigenvalue weighted by atomic mass is 16.2. The molecule has 5 rings (SSSR count). The lowest BCUT2D eigenvalue weighted by Gasteiger charge is -2.16. The Kier molecular flexibility index (Phi) is 4.25. The van der Waals surface area contributed by atoms with Crippen LogP contribution in [0.3, 0.4) is 0 Å². The molecule has 9 nitrogen and oxygen atoms in total. The lowest BCUT2D eigenvalue weighted by atomic mass is 10.1. The van der Waals surface area contributed by atoms with Gasteiger partial charge < -0.3 is 4.90 Å². The topological polar surface area (TPSA) is 105 Å². The van der Waals surface area contributed by atoms with E-state index in [2.05, 4.69) is 10.3 Å². The Labute approximate surface area is 176 Å². The largest absolute Gasteiger partial charge is 0.303 e. The number of hydrogen-bond donors (Lipinski definition) is 0. The van der Waals surface area contributed by atoms with Crippen molar-refractivity contribution in [3.8, 4) is 0 Å². The average Bonchev–Trinajstić information content (AvgIpc) is 3.39. The smallest absolute Gasteiger partial charge is 0.299 e. The first kappa shape index (κ1) is 18.9. The van der Waals surface area contributed by atoms with Gasteiger partial charge in [0.25, 0.3) is 23.4 Å². The predicted molar refractivity (Wildman–Crippen MR) is 110 cm³/mol. The van der Waals surface area contributed by atoms with Gasteiger partial charge in [0.2, 0.25) is 0 Å². The van der Waals surface area contributed by atoms with Crippen LogP contribution >= 0.6 is 0 Å². The van der Waals surface area contributed by atoms with Crippen LogP contribution in [0.15, 0.2) is 48.7 Å². The van der Waals surface area contributed by atoms with Crippen LogP contribution in [0, 0.1) is 6.92 Å². The number of rotatable bonds is 5. The molecule has 0 atom stereocenters. The molecule has 0 aliphatic carbocycles. The first-order valence-corrected chi connectivity index (χ1v) is 9.75. The van der Waals surface area contributed by atoms with E-state index in [0.717, 1.165) is 5.56 Å². The van der Waals surface area contributed by atoms with E-state index in [9.17, 15) is 19.2 Å². The van der Waals surface area contributed by atoms with Gasteiger partial charge in [0.1, 0.15) is 5.69 Å². The molecular formula is C22H17N5O4. The molecule has 0 saturated heterocycles. The lowest BCUT2D eigenvalue weighted by molar-refractivity contribution is -0.115. The third-order valence-corrected chi connectivity index (χ3v) is 5.46. The van der Waals surface area contributed by atoms with Gasteiger partial charge in [-0.25, -0.2) is 0 Å². The quantitative estimate of drug-likeness (QED) is 0.586. The minimum Gasteiger partial charge on any atom is -0.303 e. The molecule has 9 heteroatoms. The van der Waals surface area contributed by atoms with Crippen molar-refractivity contribution in [1.29, 1.82) is 0 Å². The van der Waals surface area contributed by atoms with Crippen LogP contribution in [0.25, 0.3) is 0 Å². The van der Waals surface area contributed by atoms with E-state index in [1.54, 1.807) is 47.3 Å². The Hall–Kier alpha value is -4.14. The highest BCUT2D eigenvalue weighted by Crippen LogP contribution is 2.31. The molecule has 0 spiro atoms. The number of fused-ring (bicyclic) bond motifs is 2. The minimum atomic E-state index is -0.590. The highest BCUT2D eigenvalue weighted by molar-refractivity contribution is 6.52. The second-order valence-electron chi connectivity index (χ2n) is 7.52. The van der Waals surface area contributed by atoms with Gasteiger partial charge in [-0.05, 0) is 31.2 Å². The van der Waals surface area contributed by atoms with Crippen LogP contribution in [0.2, 0.25) is 0 Å². The van der Waals surface area contributed by atoms with E-state index < -0.39 is 23.4 Å². The molecule has 2 aromatic carbocycles. The van der Waals surface area contributed by atoms with Crippen LogP contribution in [0.5, 0.6) is 0 Å². The SMILES string of the molecule is Cc1ccc2c(c1)C(=O)C(=O)N2Cc1cn(CCN2C(=O)C(=O)c3ccccc32)nn1. The summed E-state index contributed by atoms with van der Waals surface area (Å²) in [6.07, 6.45) is 1.66. The maximum absolute atomic E-state index is 12.4. The van der Waals surface area contributed by atoms with E-state index in [0.29, 0.717) is 34.7 Å². The molecule has 0 fully saturated rings. The normalized spacial score (nSPS) is 15.1. The number of aromatic nitrogens is 3. The third kappa shape index (κ3) is 3.02. The predicted octanol–water partition coefficient (Wildman–Crippen LogP) is 1.55. The molecule has 2 amide bonds. The second-order valence-corrected chi connectivity index (χ2v) is 7.52.